The summed E-state index contributed by atoms with van der Waals surface area (Å²) >= 11 is 0. The lowest BCUT2D eigenvalue weighted by Gasteiger charge is -2.44. The highest BCUT2D eigenvalue weighted by Gasteiger charge is 2.53. The third-order valence-corrected chi connectivity index (χ3v) is 9.40. The fourth-order valence-corrected chi connectivity index (χ4v) is 7.57. The van der Waals surface area contributed by atoms with Crippen molar-refractivity contribution in [2.24, 2.45) is 29.1 Å². The summed E-state index contributed by atoms with van der Waals surface area (Å²) in [6.45, 7) is 17.5. The van der Waals surface area contributed by atoms with Crippen LogP contribution in [0.1, 0.15) is 113 Å². The molecule has 0 aromatic rings. The van der Waals surface area contributed by atoms with E-state index in [1.807, 2.05) is 6.08 Å². The van der Waals surface area contributed by atoms with Crippen molar-refractivity contribution in [3.8, 4) is 0 Å². The van der Waals surface area contributed by atoms with Crippen LogP contribution in [0, 0.1) is 29.1 Å². The van der Waals surface area contributed by atoms with E-state index in [1.54, 1.807) is 0 Å². The Morgan fingerprint density at radius 3 is 2.38 bits per heavy atom. The fraction of sp³-hybridized carbons (Fsp3) is 0.727. The zero-order valence-electron chi connectivity index (χ0n) is 25.7. The Morgan fingerprint density at radius 2 is 1.75 bits per heavy atom. The third-order valence-electron chi connectivity index (χ3n) is 9.40. The van der Waals surface area contributed by atoms with Gasteiger partial charge in [-0.2, -0.15) is 0 Å². The number of carbonyl (C=O) groups is 3. The zero-order valence-corrected chi connectivity index (χ0v) is 25.7. The molecule has 3 saturated carbocycles. The molecule has 7 heteroatoms. The number of hydrogen-bond donors (Lipinski definition) is 0. The van der Waals surface area contributed by atoms with Gasteiger partial charge in [-0.1, -0.05) is 71.3 Å². The summed E-state index contributed by atoms with van der Waals surface area (Å²) in [5.41, 5.74) is 3.35. The van der Waals surface area contributed by atoms with Crippen LogP contribution >= 0.6 is 0 Å². The van der Waals surface area contributed by atoms with Gasteiger partial charge in [0.1, 0.15) is 0 Å². The smallest absolute Gasteiger partial charge is 0.339 e. The molecule has 3 aliphatic rings. The van der Waals surface area contributed by atoms with Crippen molar-refractivity contribution in [1.82, 2.24) is 0 Å². The maximum Gasteiger partial charge on any atom is 0.339 e. The van der Waals surface area contributed by atoms with Gasteiger partial charge in [0.05, 0.1) is 0 Å². The molecule has 0 N–H and O–H groups in total. The Bertz CT molecular complexity index is 1020. The maximum atomic E-state index is 12.1. The predicted octanol–water partition coefficient (Wildman–Crippen LogP) is 7.55. The Balaban J connectivity index is 1.86. The minimum atomic E-state index is -1.79. The molecule has 0 heterocycles. The van der Waals surface area contributed by atoms with E-state index in [2.05, 4.69) is 40.3 Å². The number of esters is 2. The summed E-state index contributed by atoms with van der Waals surface area (Å²) in [5, 5.41) is 0. The molecule has 2 unspecified atom stereocenters. The van der Waals surface area contributed by atoms with Crippen LogP contribution in [0.3, 0.4) is 0 Å². The minimum absolute atomic E-state index is 0.0395. The average Bonchev–Trinajstić information content (AvgIpc) is 3.20. The number of ether oxygens (including phenoxy) is 2. The minimum Gasteiger partial charge on any atom is -0.455 e. The van der Waals surface area contributed by atoms with E-state index < -0.39 is 29.8 Å². The molecule has 0 aliphatic heterocycles. The number of rotatable bonds is 10. The van der Waals surface area contributed by atoms with Gasteiger partial charge in [0.2, 0.25) is 0 Å². The van der Waals surface area contributed by atoms with E-state index in [4.69, 9.17) is 19.2 Å². The van der Waals surface area contributed by atoms with E-state index in [0.717, 1.165) is 35.3 Å². The van der Waals surface area contributed by atoms with Crippen LogP contribution in [0.4, 0.5) is 0 Å². The van der Waals surface area contributed by atoms with E-state index >= 15 is 0 Å². The molecule has 0 saturated heterocycles. The first kappa shape index (κ1) is 32.1. The second-order valence-electron chi connectivity index (χ2n) is 13.0. The maximum absolute atomic E-state index is 12.1. The van der Waals surface area contributed by atoms with Crippen LogP contribution < -0.4 is 0 Å². The van der Waals surface area contributed by atoms with E-state index in [1.165, 1.54) is 71.3 Å². The highest BCUT2D eigenvalue weighted by molar-refractivity contribution is 5.68. The molecule has 224 valence electrons. The number of hydrogen-bond acceptors (Lipinski definition) is 7. The molecule has 0 bridgehead atoms. The van der Waals surface area contributed by atoms with Gasteiger partial charge in [0.15, 0.2) is 6.10 Å². The Kier molecular flexibility index (Phi) is 10.8. The molecule has 0 radical (unpaired) electrons. The molecule has 0 spiro atoms. The topological polar surface area (TPSA) is 88.1 Å². The van der Waals surface area contributed by atoms with Gasteiger partial charge in [0.25, 0.3) is 5.79 Å². The molecular weight excluding hydrogens is 508 g/mol. The summed E-state index contributed by atoms with van der Waals surface area (Å²) in [5.74, 6) is -0.927. The Labute approximate surface area is 240 Å². The van der Waals surface area contributed by atoms with Gasteiger partial charge in [0, 0.05) is 33.6 Å². The van der Waals surface area contributed by atoms with Crippen LogP contribution in [0.25, 0.3) is 0 Å². The van der Waals surface area contributed by atoms with Crippen LogP contribution in [-0.4, -0.2) is 29.8 Å². The highest BCUT2D eigenvalue weighted by atomic mass is 17.2. The molecule has 3 fully saturated rings. The van der Waals surface area contributed by atoms with Crippen molar-refractivity contribution in [2.75, 3.05) is 0 Å². The van der Waals surface area contributed by atoms with Gasteiger partial charge >= 0.3 is 17.9 Å². The Hall–Kier alpha value is -2.41. The number of carbonyl (C=O) groups excluding carboxylic acids is 3. The van der Waals surface area contributed by atoms with Crippen LogP contribution in [0.5, 0.6) is 0 Å². The quantitative estimate of drug-likeness (QED) is 0.118. The summed E-state index contributed by atoms with van der Waals surface area (Å²) in [7, 11) is 0. The summed E-state index contributed by atoms with van der Waals surface area (Å²) in [4.78, 5) is 45.8. The monoisotopic (exact) mass is 558 g/mol. The van der Waals surface area contributed by atoms with Crippen molar-refractivity contribution in [3.05, 3.63) is 35.5 Å². The molecule has 0 aromatic carbocycles. The average molecular weight is 559 g/mol. The second kappa shape index (κ2) is 13.5. The number of allylic oxidation sites excluding steroid dienone is 3. The molecule has 7 nitrogen and oxygen atoms in total. The lowest BCUT2D eigenvalue weighted by Crippen LogP contribution is -2.53. The lowest BCUT2D eigenvalue weighted by atomic mass is 9.60. The van der Waals surface area contributed by atoms with Crippen molar-refractivity contribution >= 4 is 17.9 Å². The molecule has 6 atom stereocenters. The van der Waals surface area contributed by atoms with E-state index in [-0.39, 0.29) is 12.8 Å². The van der Waals surface area contributed by atoms with Crippen molar-refractivity contribution in [2.45, 2.75) is 125 Å². The van der Waals surface area contributed by atoms with E-state index in [9.17, 15) is 14.4 Å². The zero-order chi connectivity index (χ0) is 29.7. The lowest BCUT2D eigenvalue weighted by molar-refractivity contribution is -0.414. The van der Waals surface area contributed by atoms with Gasteiger partial charge < -0.3 is 9.47 Å². The molecular formula is C33H50O7. The summed E-state index contributed by atoms with van der Waals surface area (Å²) in [6, 6.07) is 0. The summed E-state index contributed by atoms with van der Waals surface area (Å²) < 4.78 is 11.0. The molecule has 3 aliphatic carbocycles. The first-order valence-corrected chi connectivity index (χ1v) is 15.1. The first-order valence-electron chi connectivity index (χ1n) is 15.1. The van der Waals surface area contributed by atoms with Crippen molar-refractivity contribution in [1.29, 1.82) is 0 Å². The van der Waals surface area contributed by atoms with Crippen LogP contribution in [0.2, 0.25) is 0 Å². The number of fused-ring (bicyclic) bond motifs is 1. The SMILES string of the molecule is C=C1CC(OC(C)=O)[C@@](OOC(C)=O)(OC(C)=O)C/C1=C/C=C1CCC[C@@]2(C)C1CC[C@@H]2[C@H](C)CCCC(C)C. The highest BCUT2D eigenvalue weighted by Crippen LogP contribution is 2.60. The largest absolute Gasteiger partial charge is 0.455 e. The van der Waals surface area contributed by atoms with E-state index in [0.29, 0.717) is 11.3 Å². The van der Waals surface area contributed by atoms with Crippen molar-refractivity contribution < 1.29 is 33.6 Å². The predicted molar refractivity (Wildman–Crippen MR) is 153 cm³/mol. The van der Waals surface area contributed by atoms with Gasteiger partial charge in [-0.05, 0) is 72.3 Å². The van der Waals surface area contributed by atoms with Crippen LogP contribution in [-0.2, 0) is 33.6 Å². The Morgan fingerprint density at radius 1 is 1.02 bits per heavy atom. The molecule has 40 heavy (non-hydrogen) atoms. The molecule has 0 aromatic heterocycles. The normalized spacial score (nSPS) is 33.1. The molecule has 3 rings (SSSR count). The van der Waals surface area contributed by atoms with Crippen LogP contribution in [0.15, 0.2) is 35.5 Å². The standard InChI is InChI=1S/C33H50O7/c1-21(2)11-9-12-22(3)29-16-17-30-27(13-10-18-32(29,30)8)14-15-28-20-33(38-25(6)35,40-39-26(7)36)31(19-23(28)4)37-24(5)34/h14-15,21-22,29-31H,4,9-13,16-20H2,1-3,5-8H3/b27-14?,28-15-/t22-,29-,30?,31?,32-,33-/m1/s1. The third kappa shape index (κ3) is 7.65. The summed E-state index contributed by atoms with van der Waals surface area (Å²) in [6.07, 6.45) is 13.4. The fourth-order valence-electron chi connectivity index (χ4n) is 7.57. The first-order chi connectivity index (χ1) is 18.8. The van der Waals surface area contributed by atoms with Gasteiger partial charge in [-0.3, -0.25) is 14.5 Å². The second-order valence-corrected chi connectivity index (χ2v) is 13.0. The molecule has 0 amide bonds. The van der Waals surface area contributed by atoms with Gasteiger partial charge in [-0.25, -0.2) is 4.79 Å². The van der Waals surface area contributed by atoms with Gasteiger partial charge in [-0.15, -0.1) is 4.89 Å². The van der Waals surface area contributed by atoms with Crippen molar-refractivity contribution in [3.63, 3.8) is 0 Å².